The highest BCUT2D eigenvalue weighted by Gasteiger charge is 2.20. The fraction of sp³-hybridized carbons (Fsp3) is 0.111. The lowest BCUT2D eigenvalue weighted by Crippen LogP contribution is -2.15. The van der Waals surface area contributed by atoms with Crippen molar-refractivity contribution in [2.45, 2.75) is 0 Å². The third-order valence-electron chi connectivity index (χ3n) is 3.64. The Morgan fingerprint density at radius 1 is 1.04 bits per heavy atom. The van der Waals surface area contributed by atoms with Gasteiger partial charge in [0.05, 0.1) is 25.5 Å². The number of carbonyl (C=O) groups excluding carboxylic acids is 2. The minimum Gasteiger partial charge on any atom is -0.497 e. The zero-order chi connectivity index (χ0) is 18.5. The lowest BCUT2D eigenvalue weighted by molar-refractivity contribution is 0.0602. The lowest BCUT2D eigenvalue weighted by Gasteiger charge is -2.09. The largest absolute Gasteiger partial charge is 0.497 e. The summed E-state index contributed by atoms with van der Waals surface area (Å²) in [6.07, 6.45) is 0. The van der Waals surface area contributed by atoms with E-state index in [1.54, 1.807) is 55.6 Å². The number of amides is 1. The van der Waals surface area contributed by atoms with E-state index in [2.05, 4.69) is 14.9 Å². The summed E-state index contributed by atoms with van der Waals surface area (Å²) in [7, 11) is 2.87. The van der Waals surface area contributed by atoms with Gasteiger partial charge in [-0.2, -0.15) is 0 Å². The maximum atomic E-state index is 12.7. The predicted molar refractivity (Wildman–Crippen MR) is 97.6 cm³/mol. The number of esters is 1. The highest BCUT2D eigenvalue weighted by atomic mass is 32.1. The minimum atomic E-state index is -0.529. The van der Waals surface area contributed by atoms with Crippen LogP contribution < -0.4 is 10.1 Å². The van der Waals surface area contributed by atoms with Crippen LogP contribution in [0.15, 0.2) is 48.5 Å². The molecule has 26 heavy (non-hydrogen) atoms. The molecule has 0 fully saturated rings. The molecule has 0 atom stereocenters. The molecule has 3 aromatic rings. The summed E-state index contributed by atoms with van der Waals surface area (Å²) < 4.78 is 13.8. The van der Waals surface area contributed by atoms with Gasteiger partial charge >= 0.3 is 5.97 Å². The molecule has 0 saturated heterocycles. The van der Waals surface area contributed by atoms with Crippen LogP contribution in [0, 0.1) is 0 Å². The van der Waals surface area contributed by atoms with Gasteiger partial charge in [-0.05, 0) is 47.9 Å². The van der Waals surface area contributed by atoms with Crippen molar-refractivity contribution in [2.24, 2.45) is 0 Å². The van der Waals surface area contributed by atoms with E-state index in [0.29, 0.717) is 22.0 Å². The first-order valence-electron chi connectivity index (χ1n) is 7.59. The zero-order valence-corrected chi connectivity index (χ0v) is 14.9. The molecule has 1 aromatic heterocycles. The summed E-state index contributed by atoms with van der Waals surface area (Å²) >= 11 is 0.981. The van der Waals surface area contributed by atoms with Gasteiger partial charge in [0.15, 0.2) is 0 Å². The zero-order valence-electron chi connectivity index (χ0n) is 14.1. The van der Waals surface area contributed by atoms with Gasteiger partial charge in [0, 0.05) is 5.56 Å². The lowest BCUT2D eigenvalue weighted by atomic mass is 10.1. The van der Waals surface area contributed by atoms with Gasteiger partial charge in [0.2, 0.25) is 0 Å². The summed E-state index contributed by atoms with van der Waals surface area (Å²) in [4.78, 5) is 24.9. The van der Waals surface area contributed by atoms with Gasteiger partial charge in [0.1, 0.15) is 16.3 Å². The van der Waals surface area contributed by atoms with E-state index >= 15 is 0 Å². The van der Waals surface area contributed by atoms with E-state index in [4.69, 9.17) is 9.47 Å². The van der Waals surface area contributed by atoms with E-state index in [-0.39, 0.29) is 5.56 Å². The molecule has 0 aliphatic rings. The Morgan fingerprint density at radius 3 is 2.46 bits per heavy atom. The van der Waals surface area contributed by atoms with Crippen LogP contribution in [0.2, 0.25) is 0 Å². The Bertz CT molecular complexity index is 938. The number of methoxy groups -OCH3 is 2. The SMILES string of the molecule is COC(=O)c1ccccc1NC(=O)c1snnc1-c1ccc(OC)cc1. The average Bonchev–Trinajstić information content (AvgIpc) is 3.18. The van der Waals surface area contributed by atoms with E-state index in [1.165, 1.54) is 7.11 Å². The molecule has 7 nitrogen and oxygen atoms in total. The highest BCUT2D eigenvalue weighted by molar-refractivity contribution is 7.08. The van der Waals surface area contributed by atoms with Gasteiger partial charge in [-0.1, -0.05) is 16.6 Å². The molecule has 0 spiro atoms. The molecule has 3 rings (SSSR count). The number of aromatic nitrogens is 2. The molecular formula is C18H15N3O4S. The topological polar surface area (TPSA) is 90.4 Å². The number of hydrogen-bond acceptors (Lipinski definition) is 7. The number of carbonyl (C=O) groups is 2. The molecular weight excluding hydrogens is 354 g/mol. The molecule has 0 bridgehead atoms. The van der Waals surface area contributed by atoms with E-state index in [0.717, 1.165) is 17.1 Å². The molecule has 8 heteroatoms. The third kappa shape index (κ3) is 3.55. The molecule has 1 amide bonds. The van der Waals surface area contributed by atoms with Gasteiger partial charge in [-0.3, -0.25) is 4.79 Å². The van der Waals surface area contributed by atoms with Gasteiger partial charge < -0.3 is 14.8 Å². The molecule has 0 saturated carbocycles. The fourth-order valence-electron chi connectivity index (χ4n) is 2.34. The van der Waals surface area contributed by atoms with Gasteiger partial charge in [-0.15, -0.1) is 5.10 Å². The van der Waals surface area contributed by atoms with Crippen LogP contribution in [0.1, 0.15) is 20.0 Å². The quantitative estimate of drug-likeness (QED) is 0.694. The average molecular weight is 369 g/mol. The normalized spacial score (nSPS) is 10.2. The first-order valence-corrected chi connectivity index (χ1v) is 8.37. The second-order valence-electron chi connectivity index (χ2n) is 5.17. The molecule has 0 unspecified atom stereocenters. The number of hydrogen-bond donors (Lipinski definition) is 1. The Balaban J connectivity index is 1.88. The monoisotopic (exact) mass is 369 g/mol. The van der Waals surface area contributed by atoms with Crippen LogP contribution in [-0.2, 0) is 4.74 Å². The Labute approximate surface area is 153 Å². The fourth-order valence-corrected chi connectivity index (χ4v) is 2.92. The summed E-state index contributed by atoms with van der Waals surface area (Å²) in [6.45, 7) is 0. The Kier molecular flexibility index (Phi) is 5.23. The summed E-state index contributed by atoms with van der Waals surface area (Å²) in [5.74, 6) is -0.226. The standard InChI is InChI=1S/C18H15N3O4S/c1-24-12-9-7-11(8-10-12)15-16(26-21-20-15)17(22)19-14-6-4-3-5-13(14)18(23)25-2/h3-10H,1-2H3,(H,19,22). The summed E-state index contributed by atoms with van der Waals surface area (Å²) in [6, 6.07) is 13.8. The van der Waals surface area contributed by atoms with Crippen molar-refractivity contribution in [1.82, 2.24) is 9.59 Å². The molecule has 1 heterocycles. The van der Waals surface area contributed by atoms with Crippen molar-refractivity contribution in [1.29, 1.82) is 0 Å². The molecule has 2 aromatic carbocycles. The van der Waals surface area contributed by atoms with Crippen molar-refractivity contribution in [2.75, 3.05) is 19.5 Å². The van der Waals surface area contributed by atoms with Crippen molar-refractivity contribution in [3.05, 3.63) is 59.0 Å². The number of para-hydroxylation sites is 1. The second-order valence-corrected chi connectivity index (χ2v) is 5.92. The van der Waals surface area contributed by atoms with Crippen molar-refractivity contribution >= 4 is 29.1 Å². The first-order chi connectivity index (χ1) is 12.6. The number of anilines is 1. The Morgan fingerprint density at radius 2 is 1.77 bits per heavy atom. The highest BCUT2D eigenvalue weighted by Crippen LogP contribution is 2.27. The van der Waals surface area contributed by atoms with Crippen molar-refractivity contribution in [3.63, 3.8) is 0 Å². The molecule has 132 valence electrons. The maximum absolute atomic E-state index is 12.7. The van der Waals surface area contributed by atoms with E-state index in [1.807, 2.05) is 0 Å². The summed E-state index contributed by atoms with van der Waals surface area (Å²) in [5, 5.41) is 6.78. The van der Waals surface area contributed by atoms with Crippen LogP contribution in [0.4, 0.5) is 5.69 Å². The molecule has 0 aliphatic heterocycles. The molecule has 0 radical (unpaired) electrons. The number of rotatable bonds is 5. The minimum absolute atomic E-state index is 0.270. The van der Waals surface area contributed by atoms with Gasteiger partial charge in [-0.25, -0.2) is 4.79 Å². The molecule has 1 N–H and O–H groups in total. The maximum Gasteiger partial charge on any atom is 0.339 e. The van der Waals surface area contributed by atoms with Crippen LogP contribution in [-0.4, -0.2) is 35.7 Å². The first kappa shape index (κ1) is 17.6. The smallest absolute Gasteiger partial charge is 0.339 e. The van der Waals surface area contributed by atoms with Crippen molar-refractivity contribution in [3.8, 4) is 17.0 Å². The van der Waals surface area contributed by atoms with Crippen LogP contribution in [0.3, 0.4) is 0 Å². The van der Waals surface area contributed by atoms with E-state index in [9.17, 15) is 9.59 Å². The number of nitrogens with zero attached hydrogens (tertiary/aromatic N) is 2. The number of benzene rings is 2. The van der Waals surface area contributed by atoms with Crippen LogP contribution in [0.5, 0.6) is 5.75 Å². The Hall–Kier alpha value is -3.26. The number of ether oxygens (including phenoxy) is 2. The second kappa shape index (κ2) is 7.75. The van der Waals surface area contributed by atoms with Crippen LogP contribution in [0.25, 0.3) is 11.3 Å². The molecule has 0 aliphatic carbocycles. The van der Waals surface area contributed by atoms with E-state index < -0.39 is 11.9 Å². The third-order valence-corrected chi connectivity index (χ3v) is 4.36. The summed E-state index contributed by atoms with van der Waals surface area (Å²) in [5.41, 5.74) is 1.84. The van der Waals surface area contributed by atoms with Gasteiger partial charge in [0.25, 0.3) is 5.91 Å². The van der Waals surface area contributed by atoms with Crippen molar-refractivity contribution < 1.29 is 19.1 Å². The number of nitrogens with one attached hydrogen (secondary N) is 1. The van der Waals surface area contributed by atoms with Crippen LogP contribution >= 0.6 is 11.5 Å². The predicted octanol–water partition coefficient (Wildman–Crippen LogP) is 3.25.